The summed E-state index contributed by atoms with van der Waals surface area (Å²) in [5.74, 6) is 1.01. The van der Waals surface area contributed by atoms with Crippen molar-refractivity contribution in [2.75, 3.05) is 23.3 Å². The number of amides is 2. The van der Waals surface area contributed by atoms with Crippen LogP contribution in [0.25, 0.3) is 0 Å². The molecular weight excluding hydrogens is 466 g/mol. The predicted molar refractivity (Wildman–Crippen MR) is 144 cm³/mol. The Labute approximate surface area is 218 Å². The molecule has 1 saturated heterocycles. The van der Waals surface area contributed by atoms with E-state index < -0.39 is 6.04 Å². The summed E-state index contributed by atoms with van der Waals surface area (Å²) in [6, 6.07) is 16.5. The van der Waals surface area contributed by atoms with Crippen LogP contribution in [0.5, 0.6) is 5.75 Å². The number of nitrogens with one attached hydrogen (secondary N) is 1. The molecule has 1 atom stereocenters. The molecule has 3 heterocycles. The van der Waals surface area contributed by atoms with E-state index in [0.29, 0.717) is 23.4 Å². The van der Waals surface area contributed by atoms with Crippen LogP contribution in [0.1, 0.15) is 61.7 Å². The molecule has 0 spiro atoms. The lowest BCUT2D eigenvalue weighted by Gasteiger charge is -2.30. The van der Waals surface area contributed by atoms with Crippen molar-refractivity contribution in [3.8, 4) is 5.75 Å². The number of anilines is 2. The number of benzene rings is 2. The maximum atomic E-state index is 14.0. The maximum Gasteiger partial charge on any atom is 0.257 e. The Morgan fingerprint density at radius 1 is 1.00 bits per heavy atom. The van der Waals surface area contributed by atoms with Crippen LogP contribution in [0, 0.1) is 0 Å². The van der Waals surface area contributed by atoms with E-state index >= 15 is 0 Å². The van der Waals surface area contributed by atoms with E-state index in [0.717, 1.165) is 42.9 Å². The number of hydrogen-bond acceptors (Lipinski definition) is 5. The highest BCUT2D eigenvalue weighted by Gasteiger charge is 2.36. The lowest BCUT2D eigenvalue weighted by Crippen LogP contribution is -2.46. The fourth-order valence-corrected chi connectivity index (χ4v) is 5.05. The molecule has 0 radical (unpaired) electrons. The first-order valence-corrected chi connectivity index (χ1v) is 13.1. The lowest BCUT2D eigenvalue weighted by atomic mass is 10.0. The molecule has 0 unspecified atom stereocenters. The van der Waals surface area contributed by atoms with Crippen LogP contribution in [-0.2, 0) is 17.8 Å². The van der Waals surface area contributed by atoms with Gasteiger partial charge in [-0.15, -0.1) is 0 Å². The van der Waals surface area contributed by atoms with Gasteiger partial charge in [0, 0.05) is 25.2 Å². The van der Waals surface area contributed by atoms with E-state index in [2.05, 4.69) is 10.2 Å². The highest BCUT2D eigenvalue weighted by molar-refractivity contribution is 6.10. The summed E-state index contributed by atoms with van der Waals surface area (Å²) < 4.78 is 11.5. The van der Waals surface area contributed by atoms with Crippen molar-refractivity contribution in [1.29, 1.82) is 0 Å². The molecule has 1 aromatic heterocycles. The molecule has 194 valence electrons. The molecule has 2 amide bonds. The predicted octanol–water partition coefficient (Wildman–Crippen LogP) is 5.65. The van der Waals surface area contributed by atoms with Crippen LogP contribution in [0.3, 0.4) is 0 Å². The molecule has 0 bridgehead atoms. The van der Waals surface area contributed by atoms with Gasteiger partial charge in [0.2, 0.25) is 5.91 Å². The number of hydrogen-bond donors (Lipinski definition) is 1. The molecular formula is C30H35N3O4. The van der Waals surface area contributed by atoms with Gasteiger partial charge in [0.15, 0.2) is 0 Å². The second kappa shape index (κ2) is 10.3. The summed E-state index contributed by atoms with van der Waals surface area (Å²) in [5.41, 5.74) is 2.73. The van der Waals surface area contributed by atoms with Crippen LogP contribution in [-0.4, -0.2) is 41.4 Å². The Morgan fingerprint density at radius 2 is 1.76 bits per heavy atom. The first-order chi connectivity index (χ1) is 17.8. The third-order valence-electron chi connectivity index (χ3n) is 6.84. The summed E-state index contributed by atoms with van der Waals surface area (Å²) in [5, 5.41) is 3.03. The number of nitrogens with zero attached hydrogens (tertiary/aromatic N) is 2. The highest BCUT2D eigenvalue weighted by atomic mass is 16.5. The number of fused-ring (bicyclic) bond motifs is 1. The van der Waals surface area contributed by atoms with Crippen molar-refractivity contribution in [2.45, 2.75) is 64.6 Å². The lowest BCUT2D eigenvalue weighted by molar-refractivity contribution is -0.120. The van der Waals surface area contributed by atoms with Crippen molar-refractivity contribution in [2.24, 2.45) is 0 Å². The fourth-order valence-electron chi connectivity index (χ4n) is 5.05. The van der Waals surface area contributed by atoms with Gasteiger partial charge in [-0.05, 0) is 88.1 Å². The maximum absolute atomic E-state index is 14.0. The van der Waals surface area contributed by atoms with E-state index in [9.17, 15) is 9.59 Å². The number of carbonyl (C=O) groups excluding carboxylic acids is 2. The highest BCUT2D eigenvalue weighted by Crippen LogP contribution is 2.31. The minimum Gasteiger partial charge on any atom is -0.488 e. The number of rotatable bonds is 6. The van der Waals surface area contributed by atoms with Gasteiger partial charge in [-0.25, -0.2) is 0 Å². The zero-order chi connectivity index (χ0) is 26.0. The van der Waals surface area contributed by atoms with Gasteiger partial charge in [-0.2, -0.15) is 0 Å². The number of ether oxygens (including phenoxy) is 1. The molecule has 37 heavy (non-hydrogen) atoms. The monoisotopic (exact) mass is 501 g/mol. The van der Waals surface area contributed by atoms with Crippen LogP contribution in [0.4, 0.5) is 11.4 Å². The Morgan fingerprint density at radius 3 is 2.43 bits per heavy atom. The molecule has 0 saturated carbocycles. The van der Waals surface area contributed by atoms with Crippen molar-refractivity contribution in [1.82, 2.24) is 4.90 Å². The molecule has 2 aromatic carbocycles. The molecule has 7 nitrogen and oxygen atoms in total. The summed E-state index contributed by atoms with van der Waals surface area (Å²) in [6.07, 6.45) is 5.49. The van der Waals surface area contributed by atoms with E-state index in [-0.39, 0.29) is 24.0 Å². The standard InChI is InChI=1S/C30H35N3O4/c1-30(2,3)37-23-12-9-21(10-13-23)18-27-28(34)31-26-14-11-22(32-15-5-4-6-16-32)19-25(26)29(35)33(27)20-24-8-7-17-36-24/h7-14,17,19,27H,4-6,15-16,18,20H2,1-3H3,(H,31,34)/t27-/m0/s1. The molecule has 3 aromatic rings. The zero-order valence-corrected chi connectivity index (χ0v) is 21.8. The van der Waals surface area contributed by atoms with Gasteiger partial charge in [-0.1, -0.05) is 12.1 Å². The van der Waals surface area contributed by atoms with Crippen molar-refractivity contribution >= 4 is 23.2 Å². The Balaban J connectivity index is 1.45. The number of carbonyl (C=O) groups is 2. The molecule has 7 heteroatoms. The molecule has 2 aliphatic rings. The van der Waals surface area contributed by atoms with Crippen molar-refractivity contribution in [3.63, 3.8) is 0 Å². The SMILES string of the molecule is CC(C)(C)Oc1ccc(C[C@H]2C(=O)Nc3ccc(N4CCCCC4)cc3C(=O)N2Cc2ccco2)cc1. The molecule has 2 aliphatic heterocycles. The van der Waals surface area contributed by atoms with E-state index in [1.807, 2.05) is 69.3 Å². The summed E-state index contributed by atoms with van der Waals surface area (Å²) in [7, 11) is 0. The average molecular weight is 502 g/mol. The van der Waals surface area contributed by atoms with Crippen molar-refractivity contribution < 1.29 is 18.7 Å². The molecule has 0 aliphatic carbocycles. The van der Waals surface area contributed by atoms with E-state index in [1.54, 1.807) is 17.2 Å². The van der Waals surface area contributed by atoms with Crippen molar-refractivity contribution in [3.05, 3.63) is 77.7 Å². The van der Waals surface area contributed by atoms with Gasteiger partial charge >= 0.3 is 0 Å². The minimum absolute atomic E-state index is 0.179. The van der Waals surface area contributed by atoms with Gasteiger partial charge in [0.25, 0.3) is 5.91 Å². The third kappa shape index (κ3) is 5.82. The van der Waals surface area contributed by atoms with Crippen LogP contribution >= 0.6 is 0 Å². The van der Waals surface area contributed by atoms with Crippen LogP contribution in [0.15, 0.2) is 65.3 Å². The second-order valence-corrected chi connectivity index (χ2v) is 10.9. The molecule has 1 fully saturated rings. The Kier molecular flexibility index (Phi) is 6.96. The van der Waals surface area contributed by atoms with Gasteiger partial charge < -0.3 is 24.3 Å². The molecule has 1 N–H and O–H groups in total. The summed E-state index contributed by atoms with van der Waals surface area (Å²) in [6.45, 7) is 8.18. The topological polar surface area (TPSA) is 75.0 Å². The van der Waals surface area contributed by atoms with E-state index in [4.69, 9.17) is 9.15 Å². The van der Waals surface area contributed by atoms with Gasteiger partial charge in [0.05, 0.1) is 24.1 Å². The smallest absolute Gasteiger partial charge is 0.257 e. The summed E-state index contributed by atoms with van der Waals surface area (Å²) in [4.78, 5) is 31.5. The van der Waals surface area contributed by atoms with Crippen LogP contribution < -0.4 is 15.0 Å². The third-order valence-corrected chi connectivity index (χ3v) is 6.84. The number of piperidine rings is 1. The van der Waals surface area contributed by atoms with Gasteiger partial charge in [-0.3, -0.25) is 9.59 Å². The Bertz CT molecular complexity index is 1240. The largest absolute Gasteiger partial charge is 0.488 e. The quantitative estimate of drug-likeness (QED) is 0.472. The zero-order valence-electron chi connectivity index (χ0n) is 21.8. The van der Waals surface area contributed by atoms with Crippen LogP contribution in [0.2, 0.25) is 0 Å². The normalized spacial score (nSPS) is 18.3. The van der Waals surface area contributed by atoms with E-state index in [1.165, 1.54) is 6.42 Å². The second-order valence-electron chi connectivity index (χ2n) is 10.9. The molecule has 5 rings (SSSR count). The average Bonchev–Trinajstić information content (AvgIpc) is 3.37. The first-order valence-electron chi connectivity index (χ1n) is 13.1. The fraction of sp³-hybridized carbons (Fsp3) is 0.400. The first kappa shape index (κ1) is 24.9. The summed E-state index contributed by atoms with van der Waals surface area (Å²) >= 11 is 0. The van der Waals surface area contributed by atoms with Gasteiger partial charge in [0.1, 0.15) is 23.2 Å². The number of furan rings is 1. The Hall–Kier alpha value is -3.74. The minimum atomic E-state index is -0.696.